The maximum Gasteiger partial charge on any atom is 0.272 e. The van der Waals surface area contributed by atoms with E-state index in [0.29, 0.717) is 11.8 Å². The fourth-order valence-corrected chi connectivity index (χ4v) is 4.72. The van der Waals surface area contributed by atoms with E-state index in [-0.39, 0.29) is 5.91 Å². The van der Waals surface area contributed by atoms with Crippen molar-refractivity contribution in [3.05, 3.63) is 21.9 Å². The molecule has 2 aliphatic rings. The number of thiophene rings is 1. The second-order valence-corrected chi connectivity index (χ2v) is 7.81. The number of hydrogen-bond donors (Lipinski definition) is 1. The van der Waals surface area contributed by atoms with Crippen molar-refractivity contribution in [3.8, 4) is 0 Å². The van der Waals surface area contributed by atoms with Crippen LogP contribution in [0, 0.1) is 17.8 Å². The van der Waals surface area contributed by atoms with Crippen LogP contribution in [0.1, 0.15) is 67.6 Å². The molecule has 4 heteroatoms. The standard InChI is InChI=1S/C17H24N2OS/c1-10(2)16-8-14(9-21-16)17(20)19-18-11(3)15-7-12-4-5-13(15)6-12/h8-10,12-13,15H,4-7H2,1-3H3,(H,19,20)/b18-11+/t12-,13-,15+/m0/s1. The number of nitrogens with zero attached hydrogens (tertiary/aromatic N) is 1. The smallest absolute Gasteiger partial charge is 0.267 e. The van der Waals surface area contributed by atoms with Gasteiger partial charge in [0.25, 0.3) is 5.91 Å². The molecule has 1 N–H and O–H groups in total. The highest BCUT2D eigenvalue weighted by atomic mass is 32.1. The monoisotopic (exact) mass is 304 g/mol. The van der Waals surface area contributed by atoms with Crippen LogP contribution in [0.25, 0.3) is 0 Å². The van der Waals surface area contributed by atoms with Crippen molar-refractivity contribution >= 4 is 23.0 Å². The van der Waals surface area contributed by atoms with Crippen LogP contribution in [-0.2, 0) is 0 Å². The Morgan fingerprint density at radius 2 is 2.19 bits per heavy atom. The third-order valence-electron chi connectivity index (χ3n) is 5.06. The van der Waals surface area contributed by atoms with Gasteiger partial charge in [-0.05, 0) is 50.0 Å². The van der Waals surface area contributed by atoms with Gasteiger partial charge >= 0.3 is 0 Å². The van der Waals surface area contributed by atoms with Crippen LogP contribution in [0.5, 0.6) is 0 Å². The SMILES string of the molecule is C/C(=N\NC(=O)c1csc(C(C)C)c1)[C@H]1C[C@H]2CC[C@H]1C2. The molecule has 1 amide bonds. The fourth-order valence-electron chi connectivity index (χ4n) is 3.82. The first-order valence-corrected chi connectivity index (χ1v) is 8.85. The molecule has 0 unspecified atom stereocenters. The van der Waals surface area contributed by atoms with Crippen LogP contribution in [-0.4, -0.2) is 11.6 Å². The first-order chi connectivity index (χ1) is 10.0. The minimum Gasteiger partial charge on any atom is -0.267 e. The zero-order valence-electron chi connectivity index (χ0n) is 13.1. The summed E-state index contributed by atoms with van der Waals surface area (Å²) in [6, 6.07) is 1.98. The average molecular weight is 304 g/mol. The summed E-state index contributed by atoms with van der Waals surface area (Å²) in [7, 11) is 0. The molecule has 3 rings (SSSR count). The molecule has 1 heterocycles. The minimum absolute atomic E-state index is 0.0827. The number of hydrogen-bond acceptors (Lipinski definition) is 3. The van der Waals surface area contributed by atoms with E-state index in [2.05, 4.69) is 31.3 Å². The normalized spacial score (nSPS) is 28.4. The minimum atomic E-state index is -0.0827. The largest absolute Gasteiger partial charge is 0.272 e. The van der Waals surface area contributed by atoms with E-state index in [1.165, 1.54) is 30.6 Å². The molecule has 114 valence electrons. The van der Waals surface area contributed by atoms with Gasteiger partial charge in [-0.25, -0.2) is 5.43 Å². The summed E-state index contributed by atoms with van der Waals surface area (Å²) in [6.07, 6.45) is 5.38. The van der Waals surface area contributed by atoms with Gasteiger partial charge in [-0.3, -0.25) is 4.79 Å². The Bertz CT molecular complexity index is 561. The predicted molar refractivity (Wildman–Crippen MR) is 87.9 cm³/mol. The Labute approximate surface area is 130 Å². The molecule has 3 nitrogen and oxygen atoms in total. The summed E-state index contributed by atoms with van der Waals surface area (Å²) >= 11 is 1.65. The Morgan fingerprint density at radius 3 is 2.76 bits per heavy atom. The first kappa shape index (κ1) is 14.8. The van der Waals surface area contributed by atoms with Gasteiger partial charge in [-0.15, -0.1) is 11.3 Å². The molecule has 2 saturated carbocycles. The second-order valence-electron chi connectivity index (χ2n) is 6.87. The third-order valence-corrected chi connectivity index (χ3v) is 6.29. The Hall–Kier alpha value is -1.16. The van der Waals surface area contributed by atoms with Gasteiger partial charge < -0.3 is 0 Å². The van der Waals surface area contributed by atoms with Crippen molar-refractivity contribution in [1.29, 1.82) is 0 Å². The van der Waals surface area contributed by atoms with Crippen LogP contribution >= 0.6 is 11.3 Å². The van der Waals surface area contributed by atoms with Crippen molar-refractivity contribution in [3.63, 3.8) is 0 Å². The first-order valence-electron chi connectivity index (χ1n) is 7.97. The van der Waals surface area contributed by atoms with Gasteiger partial charge in [0.15, 0.2) is 0 Å². The highest BCUT2D eigenvalue weighted by Crippen LogP contribution is 2.48. The van der Waals surface area contributed by atoms with Gasteiger partial charge in [-0.2, -0.15) is 5.10 Å². The predicted octanol–water partition coefficient (Wildman–Crippen LogP) is 4.41. The fraction of sp³-hybridized carbons (Fsp3) is 0.647. The summed E-state index contributed by atoms with van der Waals surface area (Å²) in [6.45, 7) is 6.36. The zero-order chi connectivity index (χ0) is 15.0. The molecule has 2 fully saturated rings. The van der Waals surface area contributed by atoms with Crippen LogP contribution < -0.4 is 5.43 Å². The summed E-state index contributed by atoms with van der Waals surface area (Å²) < 4.78 is 0. The zero-order valence-corrected chi connectivity index (χ0v) is 13.9. The maximum atomic E-state index is 12.1. The van der Waals surface area contributed by atoms with Crippen molar-refractivity contribution in [2.75, 3.05) is 0 Å². The lowest BCUT2D eigenvalue weighted by Gasteiger charge is -2.21. The molecule has 0 spiro atoms. The van der Waals surface area contributed by atoms with Crippen LogP contribution in [0.15, 0.2) is 16.5 Å². The summed E-state index contributed by atoms with van der Waals surface area (Å²) in [5, 5.41) is 6.30. The van der Waals surface area contributed by atoms with Gasteiger partial charge in [0.05, 0.1) is 5.56 Å². The molecule has 0 aromatic carbocycles. The van der Waals surface area contributed by atoms with E-state index in [9.17, 15) is 4.79 Å². The number of rotatable bonds is 4. The van der Waals surface area contributed by atoms with Crippen LogP contribution in [0.3, 0.4) is 0 Å². The van der Waals surface area contributed by atoms with E-state index in [1.54, 1.807) is 11.3 Å². The Balaban J connectivity index is 1.60. The number of amides is 1. The van der Waals surface area contributed by atoms with Crippen LogP contribution in [0.4, 0.5) is 0 Å². The van der Waals surface area contributed by atoms with Crippen molar-refractivity contribution in [2.45, 2.75) is 52.4 Å². The average Bonchev–Trinajstić information content (AvgIpc) is 3.18. The second kappa shape index (κ2) is 5.91. The molecule has 3 atom stereocenters. The van der Waals surface area contributed by atoms with E-state index in [1.807, 2.05) is 11.4 Å². The summed E-state index contributed by atoms with van der Waals surface area (Å²) in [5.41, 5.74) is 4.58. The maximum absolute atomic E-state index is 12.1. The number of hydrazone groups is 1. The molecule has 0 saturated heterocycles. The molecule has 0 aliphatic heterocycles. The molecule has 2 aliphatic carbocycles. The van der Waals surface area contributed by atoms with Crippen molar-refractivity contribution in [2.24, 2.45) is 22.9 Å². The highest BCUT2D eigenvalue weighted by Gasteiger charge is 2.40. The lowest BCUT2D eigenvalue weighted by atomic mass is 9.86. The summed E-state index contributed by atoms with van der Waals surface area (Å²) in [5.74, 6) is 2.70. The number of carbonyl (C=O) groups excluding carboxylic acids is 1. The molecule has 1 aromatic heterocycles. The highest BCUT2D eigenvalue weighted by molar-refractivity contribution is 7.10. The van der Waals surface area contributed by atoms with E-state index < -0.39 is 0 Å². The van der Waals surface area contributed by atoms with Gasteiger partial charge in [0, 0.05) is 21.9 Å². The van der Waals surface area contributed by atoms with Crippen LogP contribution in [0.2, 0.25) is 0 Å². The third kappa shape index (κ3) is 3.05. The molecule has 21 heavy (non-hydrogen) atoms. The number of fused-ring (bicyclic) bond motifs is 2. The van der Waals surface area contributed by atoms with Gasteiger partial charge in [0.2, 0.25) is 0 Å². The van der Waals surface area contributed by atoms with Gasteiger partial charge in [0.1, 0.15) is 0 Å². The van der Waals surface area contributed by atoms with Crippen molar-refractivity contribution < 1.29 is 4.79 Å². The van der Waals surface area contributed by atoms with E-state index >= 15 is 0 Å². The molecular weight excluding hydrogens is 280 g/mol. The number of carbonyl (C=O) groups is 1. The molecular formula is C17H24N2OS. The quantitative estimate of drug-likeness (QED) is 0.649. The van der Waals surface area contributed by atoms with Crippen molar-refractivity contribution in [1.82, 2.24) is 5.43 Å². The lowest BCUT2D eigenvalue weighted by Crippen LogP contribution is -2.24. The molecule has 1 aromatic rings. The molecule has 0 radical (unpaired) electrons. The topological polar surface area (TPSA) is 41.5 Å². The Morgan fingerprint density at radius 1 is 1.38 bits per heavy atom. The Kier molecular flexibility index (Phi) is 4.16. The summed E-state index contributed by atoms with van der Waals surface area (Å²) in [4.78, 5) is 13.4. The van der Waals surface area contributed by atoms with Gasteiger partial charge in [-0.1, -0.05) is 20.3 Å². The number of nitrogens with one attached hydrogen (secondary N) is 1. The van der Waals surface area contributed by atoms with E-state index in [0.717, 1.165) is 23.1 Å². The lowest BCUT2D eigenvalue weighted by molar-refractivity contribution is 0.0955. The van der Waals surface area contributed by atoms with E-state index in [4.69, 9.17) is 0 Å². The molecule has 2 bridgehead atoms.